The van der Waals surface area contributed by atoms with Crippen molar-refractivity contribution < 1.29 is 14.3 Å². The minimum atomic E-state index is -0.490. The minimum Gasteiger partial charge on any atom is -0.465 e. The molecule has 4 rings (SSSR count). The van der Waals surface area contributed by atoms with Gasteiger partial charge in [-0.2, -0.15) is 0 Å². The predicted molar refractivity (Wildman–Crippen MR) is 147 cm³/mol. The molecule has 0 aliphatic carbocycles. The van der Waals surface area contributed by atoms with Gasteiger partial charge in [-0.15, -0.1) is 0 Å². The first-order valence-corrected chi connectivity index (χ1v) is 13.0. The van der Waals surface area contributed by atoms with Gasteiger partial charge < -0.3 is 19.9 Å². The smallest absolute Gasteiger partial charge is 0.337 e. The lowest BCUT2D eigenvalue weighted by molar-refractivity contribution is -0.121. The van der Waals surface area contributed by atoms with Crippen LogP contribution in [0.2, 0.25) is 5.02 Å². The van der Waals surface area contributed by atoms with Crippen molar-refractivity contribution in [3.63, 3.8) is 0 Å². The number of nitrogens with one attached hydrogen (secondary N) is 2. The van der Waals surface area contributed by atoms with Crippen LogP contribution >= 0.6 is 23.8 Å². The quantitative estimate of drug-likeness (QED) is 0.316. The van der Waals surface area contributed by atoms with Gasteiger partial charge in [0.2, 0.25) is 5.91 Å². The molecule has 0 bridgehead atoms. The van der Waals surface area contributed by atoms with E-state index in [1.54, 1.807) is 18.2 Å². The highest BCUT2D eigenvalue weighted by molar-refractivity contribution is 7.71. The standard InChI is InChI=1S/C26H30ClN5O4S/c1-36-25(35)18-7-8-21-22(16-18)29-26(37)32(24(21)34)10-3-6-23(33)28-9-11-30-12-14-31(15-13-30)20-5-2-4-19(27)17-20/h2,4-5,7-8,16-17H,3,6,9-15H2,1H3,(H,28,33)(H,29,37). The summed E-state index contributed by atoms with van der Waals surface area (Å²) in [5.41, 5.74) is 1.68. The van der Waals surface area contributed by atoms with Crippen LogP contribution in [-0.4, -0.2) is 72.7 Å². The van der Waals surface area contributed by atoms with E-state index in [-0.39, 0.29) is 16.2 Å². The molecule has 11 heteroatoms. The van der Waals surface area contributed by atoms with Crippen LogP contribution in [0.1, 0.15) is 23.2 Å². The number of hydrogen-bond donors (Lipinski definition) is 2. The van der Waals surface area contributed by atoms with Gasteiger partial charge in [0.1, 0.15) is 0 Å². The van der Waals surface area contributed by atoms with Crippen LogP contribution in [0, 0.1) is 4.77 Å². The maximum absolute atomic E-state index is 12.9. The summed E-state index contributed by atoms with van der Waals surface area (Å²) in [6, 6.07) is 12.6. The van der Waals surface area contributed by atoms with Crippen molar-refractivity contribution in [2.24, 2.45) is 0 Å². The number of rotatable bonds is 9. The molecule has 37 heavy (non-hydrogen) atoms. The Morgan fingerprint density at radius 1 is 1.11 bits per heavy atom. The van der Waals surface area contributed by atoms with Gasteiger partial charge in [0, 0.05) is 62.9 Å². The molecular formula is C26H30ClN5O4S. The van der Waals surface area contributed by atoms with Gasteiger partial charge in [0.05, 0.1) is 23.6 Å². The second kappa shape index (κ2) is 12.4. The first kappa shape index (κ1) is 26.8. The monoisotopic (exact) mass is 543 g/mol. The highest BCUT2D eigenvalue weighted by Crippen LogP contribution is 2.20. The van der Waals surface area contributed by atoms with Crippen LogP contribution in [0.4, 0.5) is 5.69 Å². The maximum Gasteiger partial charge on any atom is 0.337 e. The Morgan fingerprint density at radius 3 is 2.62 bits per heavy atom. The number of esters is 1. The molecule has 2 aromatic carbocycles. The summed E-state index contributed by atoms with van der Waals surface area (Å²) < 4.78 is 6.42. The number of hydrogen-bond acceptors (Lipinski definition) is 7. The number of carbonyl (C=O) groups excluding carboxylic acids is 2. The normalized spacial score (nSPS) is 14.1. The average Bonchev–Trinajstić information content (AvgIpc) is 2.90. The predicted octanol–water partition coefficient (Wildman–Crippen LogP) is 3.22. The van der Waals surface area contributed by atoms with Gasteiger partial charge in [0.25, 0.3) is 5.56 Å². The number of H-pyrrole nitrogens is 1. The van der Waals surface area contributed by atoms with Crippen molar-refractivity contribution in [1.82, 2.24) is 19.8 Å². The molecule has 1 amide bonds. The lowest BCUT2D eigenvalue weighted by Gasteiger charge is -2.36. The number of amides is 1. The second-order valence-corrected chi connectivity index (χ2v) is 9.72. The molecule has 1 saturated heterocycles. The fourth-order valence-electron chi connectivity index (χ4n) is 4.44. The van der Waals surface area contributed by atoms with E-state index >= 15 is 0 Å². The number of nitrogens with zero attached hydrogens (tertiary/aromatic N) is 3. The Kier molecular flexibility index (Phi) is 8.96. The molecule has 1 fully saturated rings. The Bertz CT molecular complexity index is 1400. The first-order valence-electron chi connectivity index (χ1n) is 12.2. The molecule has 2 heterocycles. The topological polar surface area (TPSA) is 99.7 Å². The summed E-state index contributed by atoms with van der Waals surface area (Å²) in [5.74, 6) is -0.541. The number of fused-ring (bicyclic) bond motifs is 1. The summed E-state index contributed by atoms with van der Waals surface area (Å²) in [6.07, 6.45) is 0.774. The Balaban J connectivity index is 1.21. The van der Waals surface area contributed by atoms with Crippen molar-refractivity contribution in [1.29, 1.82) is 0 Å². The van der Waals surface area contributed by atoms with Gasteiger partial charge in [-0.1, -0.05) is 17.7 Å². The molecule has 196 valence electrons. The molecule has 0 unspecified atom stereocenters. The van der Waals surface area contributed by atoms with E-state index in [0.29, 0.717) is 42.4 Å². The van der Waals surface area contributed by atoms with Gasteiger partial charge in [0.15, 0.2) is 4.77 Å². The molecule has 1 aromatic heterocycles. The van der Waals surface area contributed by atoms with Crippen LogP contribution in [-0.2, 0) is 16.1 Å². The molecule has 0 spiro atoms. The summed E-state index contributed by atoms with van der Waals surface area (Å²) in [5, 5.41) is 4.13. The number of ether oxygens (including phenoxy) is 1. The molecule has 1 aliphatic heterocycles. The number of aromatic amines is 1. The minimum absolute atomic E-state index is 0.0518. The molecule has 2 N–H and O–H groups in total. The van der Waals surface area contributed by atoms with E-state index in [2.05, 4.69) is 26.2 Å². The van der Waals surface area contributed by atoms with E-state index < -0.39 is 5.97 Å². The zero-order valence-corrected chi connectivity index (χ0v) is 22.2. The van der Waals surface area contributed by atoms with Crippen molar-refractivity contribution in [3.8, 4) is 0 Å². The fourth-order valence-corrected chi connectivity index (χ4v) is 4.91. The van der Waals surface area contributed by atoms with Crippen LogP contribution in [0.3, 0.4) is 0 Å². The highest BCUT2D eigenvalue weighted by Gasteiger charge is 2.17. The van der Waals surface area contributed by atoms with Gasteiger partial charge in [-0.3, -0.25) is 19.1 Å². The zero-order chi connectivity index (χ0) is 26.4. The van der Waals surface area contributed by atoms with Gasteiger partial charge in [-0.05, 0) is 55.0 Å². The molecule has 0 atom stereocenters. The average molecular weight is 544 g/mol. The molecule has 3 aromatic rings. The number of halogens is 1. The lowest BCUT2D eigenvalue weighted by Crippen LogP contribution is -2.48. The van der Waals surface area contributed by atoms with E-state index in [4.69, 9.17) is 28.6 Å². The third kappa shape index (κ3) is 6.76. The molecule has 9 nitrogen and oxygen atoms in total. The molecular weight excluding hydrogens is 514 g/mol. The number of benzene rings is 2. The van der Waals surface area contributed by atoms with Gasteiger partial charge >= 0.3 is 5.97 Å². The summed E-state index contributed by atoms with van der Waals surface area (Å²) >= 11 is 11.5. The number of anilines is 1. The summed E-state index contributed by atoms with van der Waals surface area (Å²) in [7, 11) is 1.30. The Labute approximate surface area is 225 Å². The molecule has 0 saturated carbocycles. The lowest BCUT2D eigenvalue weighted by atomic mass is 10.1. The van der Waals surface area contributed by atoms with Crippen LogP contribution in [0.15, 0.2) is 47.3 Å². The largest absolute Gasteiger partial charge is 0.465 e. The van der Waals surface area contributed by atoms with E-state index in [1.807, 2.05) is 18.2 Å². The number of piperazine rings is 1. The second-order valence-electron chi connectivity index (χ2n) is 8.90. The third-order valence-corrected chi connectivity index (χ3v) is 7.04. The highest BCUT2D eigenvalue weighted by atomic mass is 35.5. The van der Waals surface area contributed by atoms with E-state index in [9.17, 15) is 14.4 Å². The summed E-state index contributed by atoms with van der Waals surface area (Å²) in [6.45, 7) is 5.37. The van der Waals surface area contributed by atoms with E-state index in [0.717, 1.165) is 43.4 Å². The van der Waals surface area contributed by atoms with E-state index in [1.165, 1.54) is 11.7 Å². The summed E-state index contributed by atoms with van der Waals surface area (Å²) in [4.78, 5) is 44.6. The maximum atomic E-state index is 12.9. The third-order valence-electron chi connectivity index (χ3n) is 6.48. The zero-order valence-electron chi connectivity index (χ0n) is 20.7. The molecule has 1 aliphatic rings. The van der Waals surface area contributed by atoms with Crippen LogP contribution < -0.4 is 15.8 Å². The van der Waals surface area contributed by atoms with Crippen molar-refractivity contribution in [2.45, 2.75) is 19.4 Å². The Morgan fingerprint density at radius 2 is 1.89 bits per heavy atom. The SMILES string of the molecule is COC(=O)c1ccc2c(=O)n(CCCC(=O)NCCN3CCN(c4cccc(Cl)c4)CC3)c(=S)[nH]c2c1. The fraction of sp³-hybridized carbons (Fsp3) is 0.385. The Hall–Kier alpha value is -3.21. The number of aromatic nitrogens is 2. The van der Waals surface area contributed by atoms with Crippen molar-refractivity contribution in [3.05, 3.63) is 68.2 Å². The molecule has 0 radical (unpaired) electrons. The van der Waals surface area contributed by atoms with Crippen molar-refractivity contribution >= 4 is 52.3 Å². The number of carbonyl (C=O) groups is 2. The van der Waals surface area contributed by atoms with Crippen LogP contribution in [0.25, 0.3) is 10.9 Å². The van der Waals surface area contributed by atoms with Gasteiger partial charge in [-0.25, -0.2) is 4.79 Å². The number of methoxy groups -OCH3 is 1. The first-order chi connectivity index (χ1) is 17.9. The van der Waals surface area contributed by atoms with Crippen molar-refractivity contribution in [2.75, 3.05) is 51.3 Å². The van der Waals surface area contributed by atoms with Crippen LogP contribution in [0.5, 0.6) is 0 Å².